The van der Waals surface area contributed by atoms with Crippen molar-refractivity contribution < 1.29 is 14.3 Å². The first-order valence-electron chi connectivity index (χ1n) is 9.80. The Kier molecular flexibility index (Phi) is 4.52. The molecule has 29 heavy (non-hydrogen) atoms. The number of aromatic nitrogens is 1. The lowest BCUT2D eigenvalue weighted by Gasteiger charge is -2.29. The molecule has 0 atom stereocenters. The van der Waals surface area contributed by atoms with E-state index < -0.39 is 0 Å². The fraction of sp³-hybridized carbons (Fsp3) is 0.217. The van der Waals surface area contributed by atoms with Crippen LogP contribution in [0.1, 0.15) is 22.5 Å². The average molecular weight is 387 g/mol. The maximum Gasteiger partial charge on any atom is 0.276 e. The lowest BCUT2D eigenvalue weighted by atomic mass is 10.0. The van der Waals surface area contributed by atoms with Gasteiger partial charge in [0.15, 0.2) is 11.5 Å². The summed E-state index contributed by atoms with van der Waals surface area (Å²) in [5.74, 6) is 1.38. The summed E-state index contributed by atoms with van der Waals surface area (Å²) in [5.41, 5.74) is 4.27. The highest BCUT2D eigenvalue weighted by Gasteiger charge is 2.24. The number of fused-ring (bicyclic) bond motifs is 2. The molecule has 1 amide bonds. The summed E-state index contributed by atoms with van der Waals surface area (Å²) >= 11 is 0. The Labute approximate surface area is 169 Å². The molecular weight excluding hydrogens is 366 g/mol. The molecule has 1 N–H and O–H groups in total. The van der Waals surface area contributed by atoms with Crippen molar-refractivity contribution in [3.05, 3.63) is 72.1 Å². The van der Waals surface area contributed by atoms with Crippen LogP contribution in [-0.2, 0) is 6.42 Å². The van der Waals surface area contributed by atoms with Crippen molar-refractivity contribution in [3.63, 3.8) is 0 Å². The third-order valence-corrected chi connectivity index (χ3v) is 5.17. The minimum atomic E-state index is -0.0806. The molecule has 3 aromatic rings. The van der Waals surface area contributed by atoms with Gasteiger partial charge in [-0.1, -0.05) is 18.2 Å². The van der Waals surface area contributed by atoms with Crippen LogP contribution in [-0.4, -0.2) is 30.6 Å². The fourth-order valence-corrected chi connectivity index (χ4v) is 3.80. The highest BCUT2D eigenvalue weighted by molar-refractivity contribution is 6.06. The molecule has 6 nitrogen and oxygen atoms in total. The molecule has 2 aliphatic rings. The molecule has 0 unspecified atom stereocenters. The van der Waals surface area contributed by atoms with Gasteiger partial charge in [-0.15, -0.1) is 0 Å². The van der Waals surface area contributed by atoms with E-state index in [1.54, 1.807) is 12.3 Å². The number of hydrogen-bond donors (Lipinski definition) is 1. The van der Waals surface area contributed by atoms with Crippen LogP contribution in [0.3, 0.4) is 0 Å². The van der Waals surface area contributed by atoms with E-state index in [4.69, 9.17) is 9.47 Å². The summed E-state index contributed by atoms with van der Waals surface area (Å²) < 4.78 is 11.2. The number of carbonyl (C=O) groups is 1. The van der Waals surface area contributed by atoms with Crippen molar-refractivity contribution >= 4 is 23.0 Å². The van der Waals surface area contributed by atoms with Crippen molar-refractivity contribution in [2.45, 2.75) is 12.8 Å². The van der Waals surface area contributed by atoms with E-state index in [1.165, 1.54) is 5.56 Å². The third kappa shape index (κ3) is 3.49. The molecule has 2 aromatic carbocycles. The van der Waals surface area contributed by atoms with Crippen molar-refractivity contribution in [1.29, 1.82) is 0 Å². The van der Waals surface area contributed by atoms with Crippen LogP contribution in [0.5, 0.6) is 11.5 Å². The number of anilines is 3. The average Bonchev–Trinajstić information content (AvgIpc) is 2.78. The second-order valence-electron chi connectivity index (χ2n) is 7.10. The number of ether oxygens (including phenoxy) is 2. The minimum absolute atomic E-state index is 0.0806. The van der Waals surface area contributed by atoms with Crippen LogP contribution in [0.4, 0.5) is 17.1 Å². The zero-order chi connectivity index (χ0) is 19.6. The topological polar surface area (TPSA) is 63.7 Å². The van der Waals surface area contributed by atoms with Crippen LogP contribution >= 0.6 is 0 Å². The molecule has 0 radical (unpaired) electrons. The van der Waals surface area contributed by atoms with E-state index in [9.17, 15) is 4.79 Å². The van der Waals surface area contributed by atoms with Gasteiger partial charge in [-0.3, -0.25) is 9.78 Å². The molecule has 0 fully saturated rings. The largest absolute Gasteiger partial charge is 0.486 e. The Balaban J connectivity index is 1.38. The quantitative estimate of drug-likeness (QED) is 0.730. The highest BCUT2D eigenvalue weighted by atomic mass is 16.6. The predicted octanol–water partition coefficient (Wildman–Crippen LogP) is 4.19. The molecule has 6 heteroatoms. The summed E-state index contributed by atoms with van der Waals surface area (Å²) in [6, 6.07) is 17.4. The Morgan fingerprint density at radius 2 is 1.79 bits per heavy atom. The van der Waals surface area contributed by atoms with Gasteiger partial charge in [0, 0.05) is 35.9 Å². The number of hydrogen-bond acceptors (Lipinski definition) is 5. The van der Waals surface area contributed by atoms with E-state index in [0.717, 1.165) is 41.4 Å². The number of nitrogens with zero attached hydrogens (tertiary/aromatic N) is 2. The van der Waals surface area contributed by atoms with Crippen LogP contribution in [0, 0.1) is 0 Å². The van der Waals surface area contributed by atoms with Gasteiger partial charge in [0.05, 0.1) is 0 Å². The van der Waals surface area contributed by atoms with Crippen molar-refractivity contribution in [2.24, 2.45) is 0 Å². The monoisotopic (exact) mass is 387 g/mol. The van der Waals surface area contributed by atoms with E-state index in [-0.39, 0.29) is 5.91 Å². The summed E-state index contributed by atoms with van der Waals surface area (Å²) in [5, 5.41) is 3.33. The number of para-hydroxylation sites is 1. The van der Waals surface area contributed by atoms with Gasteiger partial charge in [0.1, 0.15) is 18.9 Å². The molecule has 2 aliphatic heterocycles. The van der Waals surface area contributed by atoms with E-state index in [1.807, 2.05) is 47.4 Å². The van der Waals surface area contributed by atoms with Crippen LogP contribution in [0.2, 0.25) is 0 Å². The molecule has 0 bridgehead atoms. The molecule has 3 heterocycles. The number of nitrogens with one attached hydrogen (secondary N) is 1. The Morgan fingerprint density at radius 3 is 2.72 bits per heavy atom. The number of aryl methyl sites for hydroxylation is 1. The molecule has 1 aromatic heterocycles. The smallest absolute Gasteiger partial charge is 0.276 e. The molecule has 0 aliphatic carbocycles. The van der Waals surface area contributed by atoms with Crippen LogP contribution in [0.25, 0.3) is 0 Å². The first-order valence-corrected chi connectivity index (χ1v) is 9.80. The SMILES string of the molecule is O=C(c1cc(Nc2ccc3c(c2)OCCO3)ccn1)N1CCCc2ccccc21. The molecule has 0 saturated heterocycles. The van der Waals surface area contributed by atoms with Gasteiger partial charge in [0.2, 0.25) is 0 Å². The highest BCUT2D eigenvalue weighted by Crippen LogP contribution is 2.34. The van der Waals surface area contributed by atoms with Crippen molar-refractivity contribution in [2.75, 3.05) is 30.0 Å². The van der Waals surface area contributed by atoms with Crippen molar-refractivity contribution in [1.82, 2.24) is 4.98 Å². The van der Waals surface area contributed by atoms with Gasteiger partial charge < -0.3 is 19.7 Å². The molecule has 0 saturated carbocycles. The first kappa shape index (κ1) is 17.6. The van der Waals surface area contributed by atoms with Gasteiger partial charge in [-0.25, -0.2) is 0 Å². The fourth-order valence-electron chi connectivity index (χ4n) is 3.80. The third-order valence-electron chi connectivity index (χ3n) is 5.17. The van der Waals surface area contributed by atoms with Gasteiger partial charge in [-0.2, -0.15) is 0 Å². The van der Waals surface area contributed by atoms with E-state index in [2.05, 4.69) is 16.4 Å². The van der Waals surface area contributed by atoms with E-state index in [0.29, 0.717) is 25.5 Å². The number of pyridine rings is 1. The molecule has 5 rings (SSSR count). The first-order chi connectivity index (χ1) is 14.3. The standard InChI is InChI=1S/C23H21N3O3/c27-23(26-11-3-5-16-4-1-2-6-20(16)26)19-14-18(9-10-24-19)25-17-7-8-21-22(15-17)29-13-12-28-21/h1-2,4,6-10,14-15H,3,5,11-13H2,(H,24,25). The number of benzene rings is 2. The number of carbonyl (C=O) groups excluding carboxylic acids is 1. The summed E-state index contributed by atoms with van der Waals surface area (Å²) in [4.78, 5) is 19.3. The normalized spacial score (nSPS) is 14.8. The van der Waals surface area contributed by atoms with Gasteiger partial charge in [0.25, 0.3) is 5.91 Å². The maximum atomic E-state index is 13.2. The maximum absolute atomic E-state index is 13.2. The second-order valence-corrected chi connectivity index (χ2v) is 7.10. The number of amides is 1. The van der Waals surface area contributed by atoms with Crippen LogP contribution < -0.4 is 19.7 Å². The number of rotatable bonds is 3. The minimum Gasteiger partial charge on any atom is -0.486 e. The zero-order valence-corrected chi connectivity index (χ0v) is 15.9. The Morgan fingerprint density at radius 1 is 0.966 bits per heavy atom. The second kappa shape index (κ2) is 7.47. The Hall–Kier alpha value is -3.54. The van der Waals surface area contributed by atoms with E-state index >= 15 is 0 Å². The lowest BCUT2D eigenvalue weighted by molar-refractivity contribution is 0.0980. The summed E-state index contributed by atoms with van der Waals surface area (Å²) in [7, 11) is 0. The van der Waals surface area contributed by atoms with Crippen molar-refractivity contribution in [3.8, 4) is 11.5 Å². The zero-order valence-electron chi connectivity index (χ0n) is 15.9. The molecular formula is C23H21N3O3. The lowest BCUT2D eigenvalue weighted by Crippen LogP contribution is -2.35. The summed E-state index contributed by atoms with van der Waals surface area (Å²) in [6.45, 7) is 1.81. The summed E-state index contributed by atoms with van der Waals surface area (Å²) in [6.07, 6.45) is 3.61. The molecule has 0 spiro atoms. The van der Waals surface area contributed by atoms with Crippen LogP contribution in [0.15, 0.2) is 60.8 Å². The predicted molar refractivity (Wildman–Crippen MR) is 111 cm³/mol. The van der Waals surface area contributed by atoms with Gasteiger partial charge in [-0.05, 0) is 48.7 Å². The Bertz CT molecular complexity index is 1070. The molecule has 146 valence electrons. The van der Waals surface area contributed by atoms with Gasteiger partial charge >= 0.3 is 0 Å².